The van der Waals surface area contributed by atoms with Gasteiger partial charge in [0.05, 0.1) is 11.1 Å². The molecule has 0 aliphatic carbocycles. The van der Waals surface area contributed by atoms with Crippen molar-refractivity contribution in [3.63, 3.8) is 0 Å². The summed E-state index contributed by atoms with van der Waals surface area (Å²) >= 11 is 1.52. The van der Waals surface area contributed by atoms with Gasteiger partial charge in [-0.3, -0.25) is 9.59 Å². The number of carbonyl (C=O) groups is 2. The SMILES string of the molecule is CC1(C)SC[C@@H](C(=O)NCCCn2ccnc2)NC1=O. The maximum absolute atomic E-state index is 12.0. The molecule has 0 radical (unpaired) electrons. The van der Waals surface area contributed by atoms with E-state index in [2.05, 4.69) is 15.6 Å². The molecule has 1 aromatic rings. The summed E-state index contributed by atoms with van der Waals surface area (Å²) in [5.41, 5.74) is 0. The lowest BCUT2D eigenvalue weighted by Gasteiger charge is -2.32. The first-order valence-corrected chi connectivity index (χ1v) is 7.66. The summed E-state index contributed by atoms with van der Waals surface area (Å²) in [5.74, 6) is 0.436. The van der Waals surface area contributed by atoms with Gasteiger partial charge < -0.3 is 15.2 Å². The van der Waals surface area contributed by atoms with Crippen molar-refractivity contribution in [3.05, 3.63) is 18.7 Å². The van der Waals surface area contributed by atoms with Crippen LogP contribution in [0.4, 0.5) is 0 Å². The second kappa shape index (κ2) is 6.30. The average Bonchev–Trinajstić information content (AvgIpc) is 2.91. The number of amides is 2. The topological polar surface area (TPSA) is 76.0 Å². The van der Waals surface area contributed by atoms with Gasteiger partial charge >= 0.3 is 0 Å². The van der Waals surface area contributed by atoms with Gasteiger partial charge in [-0.25, -0.2) is 4.98 Å². The van der Waals surface area contributed by atoms with E-state index in [0.29, 0.717) is 12.3 Å². The smallest absolute Gasteiger partial charge is 0.243 e. The molecule has 1 fully saturated rings. The van der Waals surface area contributed by atoms with E-state index in [0.717, 1.165) is 13.0 Å². The summed E-state index contributed by atoms with van der Waals surface area (Å²) in [7, 11) is 0. The molecule has 1 atom stereocenters. The molecule has 6 nitrogen and oxygen atoms in total. The van der Waals surface area contributed by atoms with Crippen LogP contribution in [0, 0.1) is 0 Å². The number of nitrogens with zero attached hydrogens (tertiary/aromatic N) is 2. The molecule has 2 rings (SSSR count). The number of hydrogen-bond donors (Lipinski definition) is 2. The molecule has 7 heteroatoms. The Labute approximate surface area is 122 Å². The van der Waals surface area contributed by atoms with E-state index >= 15 is 0 Å². The van der Waals surface area contributed by atoms with Crippen molar-refractivity contribution < 1.29 is 9.59 Å². The minimum atomic E-state index is -0.446. The molecular weight excluding hydrogens is 276 g/mol. The Morgan fingerprint density at radius 1 is 1.65 bits per heavy atom. The molecule has 2 heterocycles. The van der Waals surface area contributed by atoms with Crippen LogP contribution < -0.4 is 10.6 Å². The Hall–Kier alpha value is -1.50. The first-order chi connectivity index (χ1) is 9.49. The molecule has 1 saturated heterocycles. The third-order valence-corrected chi connectivity index (χ3v) is 4.64. The van der Waals surface area contributed by atoms with Crippen LogP contribution in [-0.4, -0.2) is 44.5 Å². The van der Waals surface area contributed by atoms with Crippen molar-refractivity contribution in [1.82, 2.24) is 20.2 Å². The van der Waals surface area contributed by atoms with Gasteiger partial charge in [0.1, 0.15) is 6.04 Å². The van der Waals surface area contributed by atoms with Crippen molar-refractivity contribution in [2.45, 2.75) is 37.6 Å². The predicted molar refractivity (Wildman–Crippen MR) is 78.3 cm³/mol. The van der Waals surface area contributed by atoms with Gasteiger partial charge in [0.2, 0.25) is 11.8 Å². The number of carbonyl (C=O) groups excluding carboxylic acids is 2. The molecule has 1 aliphatic rings. The van der Waals surface area contributed by atoms with Crippen LogP contribution in [0.2, 0.25) is 0 Å². The third kappa shape index (κ3) is 3.75. The Bertz CT molecular complexity index is 473. The van der Waals surface area contributed by atoms with E-state index in [4.69, 9.17) is 0 Å². The molecular formula is C13H20N4O2S. The zero-order chi connectivity index (χ0) is 14.6. The van der Waals surface area contributed by atoms with E-state index in [1.165, 1.54) is 11.8 Å². The minimum Gasteiger partial charge on any atom is -0.354 e. The van der Waals surface area contributed by atoms with Gasteiger partial charge in [-0.1, -0.05) is 0 Å². The van der Waals surface area contributed by atoms with Gasteiger partial charge in [0.15, 0.2) is 0 Å². The highest BCUT2D eigenvalue weighted by atomic mass is 32.2. The Morgan fingerprint density at radius 3 is 3.10 bits per heavy atom. The van der Waals surface area contributed by atoms with Crippen molar-refractivity contribution in [2.24, 2.45) is 0 Å². The van der Waals surface area contributed by atoms with Crippen molar-refractivity contribution in [3.8, 4) is 0 Å². The normalized spacial score (nSPS) is 21.3. The Kier molecular flexibility index (Phi) is 4.69. The fourth-order valence-corrected chi connectivity index (χ4v) is 2.90. The number of imidazole rings is 1. The van der Waals surface area contributed by atoms with Crippen molar-refractivity contribution in [1.29, 1.82) is 0 Å². The molecule has 2 amide bonds. The first kappa shape index (κ1) is 14.9. The number of aromatic nitrogens is 2. The number of rotatable bonds is 5. The fraction of sp³-hybridized carbons (Fsp3) is 0.615. The van der Waals surface area contributed by atoms with Crippen LogP contribution in [0.15, 0.2) is 18.7 Å². The molecule has 110 valence electrons. The Balaban J connectivity index is 1.69. The van der Waals surface area contributed by atoms with Gasteiger partial charge in [-0.05, 0) is 20.3 Å². The zero-order valence-corrected chi connectivity index (χ0v) is 12.6. The van der Waals surface area contributed by atoms with Gasteiger partial charge in [0, 0.05) is 31.2 Å². The van der Waals surface area contributed by atoms with Gasteiger partial charge in [0.25, 0.3) is 0 Å². The molecule has 20 heavy (non-hydrogen) atoms. The van der Waals surface area contributed by atoms with Gasteiger partial charge in [-0.2, -0.15) is 0 Å². The summed E-state index contributed by atoms with van der Waals surface area (Å²) in [4.78, 5) is 27.7. The van der Waals surface area contributed by atoms with Crippen LogP contribution in [0.3, 0.4) is 0 Å². The number of nitrogens with one attached hydrogen (secondary N) is 2. The summed E-state index contributed by atoms with van der Waals surface area (Å²) in [6, 6.07) is -0.422. The van der Waals surface area contributed by atoms with Crippen molar-refractivity contribution >= 4 is 23.6 Å². The minimum absolute atomic E-state index is 0.0766. The van der Waals surface area contributed by atoms with Crippen LogP contribution in [-0.2, 0) is 16.1 Å². The number of thioether (sulfide) groups is 1. The van der Waals surface area contributed by atoms with Crippen molar-refractivity contribution in [2.75, 3.05) is 12.3 Å². The zero-order valence-electron chi connectivity index (χ0n) is 11.8. The average molecular weight is 296 g/mol. The lowest BCUT2D eigenvalue weighted by molar-refractivity contribution is -0.129. The highest BCUT2D eigenvalue weighted by Crippen LogP contribution is 2.28. The summed E-state index contributed by atoms with van der Waals surface area (Å²) < 4.78 is 1.52. The summed E-state index contributed by atoms with van der Waals surface area (Å²) in [6.07, 6.45) is 6.21. The molecule has 1 aliphatic heterocycles. The quantitative estimate of drug-likeness (QED) is 0.771. The molecule has 2 N–H and O–H groups in total. The van der Waals surface area contributed by atoms with Crippen LogP contribution in [0.25, 0.3) is 0 Å². The lowest BCUT2D eigenvalue weighted by Crippen LogP contribution is -2.57. The summed E-state index contributed by atoms with van der Waals surface area (Å²) in [6.45, 7) is 5.15. The second-order valence-electron chi connectivity index (χ2n) is 5.29. The van der Waals surface area contributed by atoms with E-state index in [1.54, 1.807) is 12.5 Å². The van der Waals surface area contributed by atoms with Crippen LogP contribution >= 0.6 is 11.8 Å². The molecule has 0 saturated carbocycles. The van der Waals surface area contributed by atoms with Crippen LogP contribution in [0.5, 0.6) is 0 Å². The maximum Gasteiger partial charge on any atom is 0.243 e. The molecule has 0 aromatic carbocycles. The predicted octanol–water partition coefficient (Wildman–Crippen LogP) is 0.400. The fourth-order valence-electron chi connectivity index (χ4n) is 1.89. The number of aryl methyl sites for hydroxylation is 1. The second-order valence-corrected chi connectivity index (χ2v) is 6.94. The highest BCUT2D eigenvalue weighted by molar-refractivity contribution is 8.01. The first-order valence-electron chi connectivity index (χ1n) is 6.67. The summed E-state index contributed by atoms with van der Waals surface area (Å²) in [5, 5.41) is 5.64. The standard InChI is InChI=1S/C13H20N4O2S/c1-13(2)12(19)16-10(8-20-13)11(18)15-4-3-6-17-7-5-14-9-17/h5,7,9-10H,3-4,6,8H2,1-2H3,(H,15,18)(H,16,19)/t10-/m0/s1. The molecule has 0 spiro atoms. The Morgan fingerprint density at radius 2 is 2.45 bits per heavy atom. The maximum atomic E-state index is 12.0. The largest absolute Gasteiger partial charge is 0.354 e. The van der Waals surface area contributed by atoms with E-state index in [9.17, 15) is 9.59 Å². The van der Waals surface area contributed by atoms with Gasteiger partial charge in [-0.15, -0.1) is 11.8 Å². The molecule has 0 bridgehead atoms. The van der Waals surface area contributed by atoms with E-state index in [1.807, 2.05) is 24.6 Å². The third-order valence-electron chi connectivity index (χ3n) is 3.23. The molecule has 0 unspecified atom stereocenters. The highest BCUT2D eigenvalue weighted by Gasteiger charge is 2.37. The van der Waals surface area contributed by atoms with E-state index in [-0.39, 0.29) is 11.8 Å². The monoisotopic (exact) mass is 296 g/mol. The molecule has 1 aromatic heterocycles. The number of hydrogen-bond acceptors (Lipinski definition) is 4. The lowest BCUT2D eigenvalue weighted by atomic mass is 10.1. The van der Waals surface area contributed by atoms with E-state index < -0.39 is 10.8 Å². The van der Waals surface area contributed by atoms with Crippen LogP contribution in [0.1, 0.15) is 20.3 Å².